The molecule has 1 aromatic carbocycles. The Balaban J connectivity index is 3.16. The van der Waals surface area contributed by atoms with Gasteiger partial charge in [0.1, 0.15) is 4.90 Å². The molecule has 0 radical (unpaired) electrons. The quantitative estimate of drug-likeness (QED) is 0.664. The first-order valence-electron chi connectivity index (χ1n) is 5.44. The first-order valence-corrected chi connectivity index (χ1v) is 7.48. The largest absolute Gasteiger partial charge is 0.330 e. The van der Waals surface area contributed by atoms with Crippen molar-refractivity contribution in [1.29, 1.82) is 0 Å². The van der Waals surface area contributed by atoms with Crippen molar-refractivity contribution in [2.75, 3.05) is 6.54 Å². The molecule has 0 aliphatic heterocycles. The second-order valence-corrected chi connectivity index (χ2v) is 6.32. The second-order valence-electron chi connectivity index (χ2n) is 4.15. The Bertz CT molecular complexity index is 504. The first-order chi connectivity index (χ1) is 8.12. The molecule has 0 atom stereocenters. The van der Waals surface area contributed by atoms with E-state index in [-0.39, 0.29) is 5.56 Å². The van der Waals surface area contributed by atoms with E-state index >= 15 is 0 Å². The van der Waals surface area contributed by atoms with Gasteiger partial charge in [-0.25, -0.2) is 0 Å². The van der Waals surface area contributed by atoms with Crippen LogP contribution in [0, 0.1) is 6.92 Å². The number of benzene rings is 1. The molecule has 104 valence electrons. The predicted molar refractivity (Wildman–Crippen MR) is 67.9 cm³/mol. The molecule has 0 spiro atoms. The number of aryl methyl sites for hydroxylation is 2. The summed E-state index contributed by atoms with van der Waals surface area (Å²) in [7, 11) is -7.31. The Morgan fingerprint density at radius 1 is 1.28 bits per heavy atom. The molecule has 0 aromatic heterocycles. The van der Waals surface area contributed by atoms with Crippen molar-refractivity contribution in [1.82, 2.24) is 0 Å². The summed E-state index contributed by atoms with van der Waals surface area (Å²) >= 11 is 5.59. The van der Waals surface area contributed by atoms with Gasteiger partial charge in [0.25, 0.3) is 0 Å². The molecule has 1 aromatic rings. The highest BCUT2D eigenvalue weighted by molar-refractivity contribution is 8.06. The van der Waals surface area contributed by atoms with Crippen molar-refractivity contribution in [2.45, 2.75) is 31.1 Å². The smallest absolute Gasteiger partial charge is 0.323 e. The van der Waals surface area contributed by atoms with Gasteiger partial charge in [0.05, 0.1) is 5.02 Å². The van der Waals surface area contributed by atoms with E-state index in [0.717, 1.165) is 12.5 Å². The van der Waals surface area contributed by atoms with Crippen molar-refractivity contribution in [2.24, 2.45) is 5.73 Å². The summed E-state index contributed by atoms with van der Waals surface area (Å²) in [6.45, 7) is 1.96. The molecule has 7 heteroatoms. The third-order valence-corrected chi connectivity index (χ3v) is 4.15. The monoisotopic (exact) mass is 301 g/mol. The van der Waals surface area contributed by atoms with Crippen LogP contribution >= 0.6 is 11.6 Å². The molecule has 0 aliphatic carbocycles. The van der Waals surface area contributed by atoms with Crippen LogP contribution in [0.2, 0.25) is 5.02 Å². The summed E-state index contributed by atoms with van der Waals surface area (Å²) in [5.41, 5.74) is 6.08. The lowest BCUT2D eigenvalue weighted by Crippen LogP contribution is -2.13. The lowest BCUT2D eigenvalue weighted by molar-refractivity contribution is 0.471. The summed E-state index contributed by atoms with van der Waals surface area (Å²) in [5, 5.41) is -0.484. The highest BCUT2D eigenvalue weighted by Gasteiger charge is 2.40. The number of halogens is 4. The number of hydrogen-bond acceptors (Lipinski definition) is 2. The number of rotatable bonds is 5. The van der Waals surface area contributed by atoms with Gasteiger partial charge in [-0.05, 0) is 49.9 Å². The van der Waals surface area contributed by atoms with Gasteiger partial charge in [-0.3, -0.25) is 0 Å². The van der Waals surface area contributed by atoms with Crippen molar-refractivity contribution < 1.29 is 15.9 Å². The van der Waals surface area contributed by atoms with Crippen molar-refractivity contribution in [3.8, 4) is 0 Å². The molecule has 0 heterocycles. The molecule has 18 heavy (non-hydrogen) atoms. The topological polar surface area (TPSA) is 43.1 Å². The van der Waals surface area contributed by atoms with Crippen LogP contribution in [-0.2, 0) is 16.6 Å². The Labute approximate surface area is 110 Å². The summed E-state index contributed by atoms with van der Waals surface area (Å²) in [6.07, 6.45) is 1.89. The van der Waals surface area contributed by atoms with Gasteiger partial charge < -0.3 is 5.73 Å². The lowest BCUT2D eigenvalue weighted by Gasteiger charge is -2.18. The standard InChI is InChI=1S/C11H15ClF3NOS/c1-8-6-9(4-2-3-5-16)7-10(11(8)12)18(13,14,15)17/h6-7H,2-5,16H2,1H3. The fourth-order valence-electron chi connectivity index (χ4n) is 1.66. The van der Waals surface area contributed by atoms with Crippen LogP contribution in [0.25, 0.3) is 0 Å². The van der Waals surface area contributed by atoms with E-state index in [1.165, 1.54) is 6.92 Å². The van der Waals surface area contributed by atoms with Gasteiger partial charge in [-0.1, -0.05) is 29.3 Å². The first kappa shape index (κ1) is 15.5. The summed E-state index contributed by atoms with van der Waals surface area (Å²) in [5.74, 6) is 0. The molecule has 0 unspecified atom stereocenters. The maximum absolute atomic E-state index is 12.9. The van der Waals surface area contributed by atoms with Gasteiger partial charge in [-0.15, -0.1) is 0 Å². The minimum Gasteiger partial charge on any atom is -0.330 e. The molecular formula is C11H15ClF3NOS. The van der Waals surface area contributed by atoms with Crippen LogP contribution in [0.1, 0.15) is 24.0 Å². The molecule has 0 saturated heterocycles. The molecule has 0 amide bonds. The van der Waals surface area contributed by atoms with Gasteiger partial charge in [0.2, 0.25) is 0 Å². The van der Waals surface area contributed by atoms with Gasteiger partial charge in [-0.2, -0.15) is 4.21 Å². The SMILES string of the molecule is Cc1cc(CCCCN)cc(S(=O)(F)(F)F)c1Cl. The minimum atomic E-state index is -7.31. The predicted octanol–water partition coefficient (Wildman–Crippen LogP) is 3.76. The zero-order valence-electron chi connectivity index (χ0n) is 9.89. The van der Waals surface area contributed by atoms with E-state index in [4.69, 9.17) is 17.3 Å². The van der Waals surface area contributed by atoms with Gasteiger partial charge >= 0.3 is 10.2 Å². The van der Waals surface area contributed by atoms with E-state index in [2.05, 4.69) is 0 Å². The summed E-state index contributed by atoms with van der Waals surface area (Å²) < 4.78 is 49.5. The summed E-state index contributed by atoms with van der Waals surface area (Å²) in [6, 6.07) is 2.46. The molecule has 2 N–H and O–H groups in total. The third-order valence-electron chi connectivity index (χ3n) is 2.54. The lowest BCUT2D eigenvalue weighted by atomic mass is 10.1. The fraction of sp³-hybridized carbons (Fsp3) is 0.455. The fourth-order valence-corrected chi connectivity index (χ4v) is 2.89. The zero-order chi connectivity index (χ0) is 14.0. The van der Waals surface area contributed by atoms with Crippen molar-refractivity contribution in [3.05, 3.63) is 28.3 Å². The average molecular weight is 302 g/mol. The van der Waals surface area contributed by atoms with Crippen LogP contribution in [0.15, 0.2) is 17.0 Å². The van der Waals surface area contributed by atoms with E-state index < -0.39 is 20.1 Å². The Morgan fingerprint density at radius 3 is 2.39 bits per heavy atom. The van der Waals surface area contributed by atoms with Crippen LogP contribution in [-0.4, -0.2) is 10.8 Å². The third kappa shape index (κ3) is 3.96. The maximum atomic E-state index is 12.9. The molecule has 0 saturated carbocycles. The maximum Gasteiger partial charge on any atom is 0.323 e. The molecular weight excluding hydrogens is 287 g/mol. The normalized spacial score (nSPS) is 14.2. The Kier molecular flexibility index (Phi) is 4.46. The number of hydrogen-bond donors (Lipinski definition) is 1. The van der Waals surface area contributed by atoms with Crippen LogP contribution in [0.4, 0.5) is 11.7 Å². The average Bonchev–Trinajstić information content (AvgIpc) is 2.20. The van der Waals surface area contributed by atoms with Crippen molar-refractivity contribution >= 4 is 21.8 Å². The number of unbranched alkanes of at least 4 members (excludes halogenated alkanes) is 1. The highest BCUT2D eigenvalue weighted by atomic mass is 35.5. The Morgan fingerprint density at radius 2 is 1.89 bits per heavy atom. The van der Waals surface area contributed by atoms with Gasteiger partial charge in [0.15, 0.2) is 0 Å². The van der Waals surface area contributed by atoms with Gasteiger partial charge in [0, 0.05) is 0 Å². The van der Waals surface area contributed by atoms with Crippen LogP contribution in [0.3, 0.4) is 0 Å². The second kappa shape index (κ2) is 5.19. The Hall–Kier alpha value is -0.590. The minimum absolute atomic E-state index is 0.281. The molecule has 2 nitrogen and oxygen atoms in total. The van der Waals surface area contributed by atoms with E-state index in [0.29, 0.717) is 24.9 Å². The van der Waals surface area contributed by atoms with E-state index in [1.807, 2.05) is 0 Å². The van der Waals surface area contributed by atoms with E-state index in [9.17, 15) is 15.9 Å². The molecule has 0 fully saturated rings. The van der Waals surface area contributed by atoms with Crippen molar-refractivity contribution in [3.63, 3.8) is 0 Å². The molecule has 1 rings (SSSR count). The van der Waals surface area contributed by atoms with Crippen LogP contribution in [0.5, 0.6) is 0 Å². The molecule has 0 aliphatic rings. The highest BCUT2D eigenvalue weighted by Crippen LogP contribution is 2.45. The summed E-state index contributed by atoms with van der Waals surface area (Å²) in [4.78, 5) is -1.21. The zero-order valence-corrected chi connectivity index (χ0v) is 11.5. The van der Waals surface area contributed by atoms with Crippen LogP contribution < -0.4 is 5.73 Å². The molecule has 0 bridgehead atoms. The number of nitrogens with two attached hydrogens (primary N) is 1. The van der Waals surface area contributed by atoms with E-state index in [1.54, 1.807) is 6.07 Å².